The van der Waals surface area contributed by atoms with Gasteiger partial charge in [0.2, 0.25) is 5.91 Å². The van der Waals surface area contributed by atoms with Gasteiger partial charge in [-0.3, -0.25) is 4.79 Å². The van der Waals surface area contributed by atoms with Gasteiger partial charge in [0.15, 0.2) is 5.82 Å². The van der Waals surface area contributed by atoms with Gasteiger partial charge in [0.1, 0.15) is 11.6 Å². The Labute approximate surface area is 129 Å². The molecule has 0 spiro atoms. The molecule has 0 saturated heterocycles. The molecular weight excluding hydrogens is 278 g/mol. The van der Waals surface area contributed by atoms with Crippen molar-refractivity contribution in [3.8, 4) is 6.07 Å². The van der Waals surface area contributed by atoms with Gasteiger partial charge in [0.05, 0.1) is 5.69 Å². The third kappa shape index (κ3) is 3.04. The zero-order valence-corrected chi connectivity index (χ0v) is 13.0. The van der Waals surface area contributed by atoms with Crippen molar-refractivity contribution in [3.05, 3.63) is 41.1 Å². The topological polar surface area (TPSA) is 81.9 Å². The first-order chi connectivity index (χ1) is 10.4. The first-order valence-electron chi connectivity index (χ1n) is 6.79. The van der Waals surface area contributed by atoms with E-state index < -0.39 is 0 Å². The average molecular weight is 295 g/mol. The highest BCUT2D eigenvalue weighted by atomic mass is 16.2. The number of nitrogens with zero attached hydrogens (tertiary/aromatic N) is 4. The summed E-state index contributed by atoms with van der Waals surface area (Å²) in [6.45, 7) is 5.17. The van der Waals surface area contributed by atoms with Crippen LogP contribution >= 0.6 is 0 Å². The van der Waals surface area contributed by atoms with E-state index in [2.05, 4.69) is 21.6 Å². The molecule has 0 saturated carbocycles. The maximum atomic E-state index is 11.3. The number of nitrogens with one attached hydrogen (secondary N) is 1. The molecule has 6 heteroatoms. The second kappa shape index (κ2) is 6.22. The number of benzene rings is 1. The molecule has 0 radical (unpaired) electrons. The summed E-state index contributed by atoms with van der Waals surface area (Å²) >= 11 is 0. The minimum absolute atomic E-state index is 0.0347. The lowest BCUT2D eigenvalue weighted by Gasteiger charge is -2.15. The van der Waals surface area contributed by atoms with Crippen molar-refractivity contribution in [3.63, 3.8) is 0 Å². The van der Waals surface area contributed by atoms with Crippen LogP contribution in [0.1, 0.15) is 23.7 Å². The van der Waals surface area contributed by atoms with Crippen molar-refractivity contribution in [1.29, 1.82) is 5.26 Å². The molecular formula is C16H17N5O. The third-order valence-electron chi connectivity index (χ3n) is 3.56. The number of nitriles is 1. The van der Waals surface area contributed by atoms with Crippen molar-refractivity contribution >= 4 is 23.1 Å². The maximum Gasteiger partial charge on any atom is 0.223 e. The van der Waals surface area contributed by atoms with E-state index in [9.17, 15) is 10.1 Å². The molecule has 2 aromatic rings. The Morgan fingerprint density at radius 1 is 1.23 bits per heavy atom. The zero-order chi connectivity index (χ0) is 16.3. The van der Waals surface area contributed by atoms with Crippen LogP contribution in [0.15, 0.2) is 24.3 Å². The molecule has 1 N–H and O–H groups in total. The highest BCUT2D eigenvalue weighted by Crippen LogP contribution is 2.23. The number of hydrogen-bond acceptors (Lipinski definition) is 5. The fourth-order valence-electron chi connectivity index (χ4n) is 1.92. The minimum atomic E-state index is -0.0347. The molecule has 0 atom stereocenters. The van der Waals surface area contributed by atoms with Gasteiger partial charge in [-0.1, -0.05) is 0 Å². The first kappa shape index (κ1) is 15.4. The smallest absolute Gasteiger partial charge is 0.223 e. The molecule has 6 nitrogen and oxygen atoms in total. The summed E-state index contributed by atoms with van der Waals surface area (Å²) in [5, 5.41) is 20.4. The Kier molecular flexibility index (Phi) is 4.37. The summed E-state index contributed by atoms with van der Waals surface area (Å²) in [7, 11) is 1.72. The van der Waals surface area contributed by atoms with E-state index in [1.54, 1.807) is 11.9 Å². The van der Waals surface area contributed by atoms with Crippen molar-refractivity contribution in [2.75, 3.05) is 17.3 Å². The Balaban J connectivity index is 2.27. The second-order valence-electron chi connectivity index (χ2n) is 5.00. The molecule has 1 amide bonds. The summed E-state index contributed by atoms with van der Waals surface area (Å²) in [4.78, 5) is 12.9. The molecule has 0 bridgehead atoms. The van der Waals surface area contributed by atoms with Gasteiger partial charge < -0.3 is 10.2 Å². The van der Waals surface area contributed by atoms with Gasteiger partial charge in [-0.25, -0.2) is 0 Å². The molecule has 22 heavy (non-hydrogen) atoms. The highest BCUT2D eigenvalue weighted by Gasteiger charge is 2.11. The zero-order valence-electron chi connectivity index (χ0n) is 13.0. The van der Waals surface area contributed by atoms with Crippen molar-refractivity contribution in [1.82, 2.24) is 10.2 Å². The molecule has 2 rings (SSSR count). The number of carbonyl (C=O) groups excluding carboxylic acids is 1. The normalized spacial score (nSPS) is 9.95. The van der Waals surface area contributed by atoms with Crippen LogP contribution in [0.5, 0.6) is 0 Å². The van der Waals surface area contributed by atoms with E-state index >= 15 is 0 Å². The largest absolute Gasteiger partial charge is 0.338 e. The summed E-state index contributed by atoms with van der Waals surface area (Å²) < 4.78 is 0. The van der Waals surface area contributed by atoms with Gasteiger partial charge in [0.25, 0.3) is 0 Å². The number of carbonyl (C=O) groups is 1. The van der Waals surface area contributed by atoms with E-state index in [1.807, 2.05) is 38.1 Å². The van der Waals surface area contributed by atoms with E-state index in [-0.39, 0.29) is 5.91 Å². The lowest BCUT2D eigenvalue weighted by molar-refractivity contribution is -0.116. The molecule has 0 aliphatic heterocycles. The Bertz CT molecular complexity index is 746. The second-order valence-corrected chi connectivity index (χ2v) is 5.00. The number of rotatable bonds is 3. The van der Waals surface area contributed by atoms with E-state index in [0.29, 0.717) is 11.4 Å². The van der Waals surface area contributed by atoms with Crippen LogP contribution < -0.4 is 10.2 Å². The van der Waals surface area contributed by atoms with Crippen molar-refractivity contribution in [2.45, 2.75) is 20.8 Å². The van der Waals surface area contributed by atoms with Crippen LogP contribution in [0, 0.1) is 25.2 Å². The van der Waals surface area contributed by atoms with Crippen molar-refractivity contribution in [2.24, 2.45) is 0 Å². The summed E-state index contributed by atoms with van der Waals surface area (Å²) in [5.41, 5.74) is 3.60. The monoisotopic (exact) mass is 295 g/mol. The van der Waals surface area contributed by atoms with Crippen LogP contribution in [0.25, 0.3) is 0 Å². The molecule has 0 aliphatic rings. The number of hydrogen-bond donors (Lipinski definition) is 1. The predicted octanol–water partition coefficient (Wildman–Crippen LogP) is 2.69. The summed E-state index contributed by atoms with van der Waals surface area (Å²) in [6.07, 6.45) is 0. The first-order valence-corrected chi connectivity index (χ1v) is 6.79. The van der Waals surface area contributed by atoms with E-state index in [4.69, 9.17) is 0 Å². The van der Waals surface area contributed by atoms with Crippen LogP contribution in [0.3, 0.4) is 0 Å². The highest BCUT2D eigenvalue weighted by molar-refractivity contribution is 5.91. The van der Waals surface area contributed by atoms with Crippen LogP contribution in [-0.2, 0) is 4.79 Å². The summed E-state index contributed by atoms with van der Waals surface area (Å²) in [6, 6.07) is 9.45. The molecule has 0 aliphatic carbocycles. The molecule has 0 fully saturated rings. The third-order valence-corrected chi connectivity index (χ3v) is 3.56. The molecule has 0 unspecified atom stereocenters. The molecule has 1 heterocycles. The number of aryl methyl sites for hydroxylation is 1. The predicted molar refractivity (Wildman–Crippen MR) is 85.0 cm³/mol. The van der Waals surface area contributed by atoms with Gasteiger partial charge in [-0.15, -0.1) is 5.10 Å². The summed E-state index contributed by atoms with van der Waals surface area (Å²) in [5.74, 6) is 0.394. The fraction of sp³-hybridized carbons (Fsp3) is 0.250. The van der Waals surface area contributed by atoms with Crippen LogP contribution in [0.2, 0.25) is 0 Å². The van der Waals surface area contributed by atoms with Gasteiger partial charge in [-0.2, -0.15) is 10.4 Å². The molecule has 1 aromatic heterocycles. The van der Waals surface area contributed by atoms with E-state index in [0.717, 1.165) is 22.6 Å². The van der Waals surface area contributed by atoms with Gasteiger partial charge in [0, 0.05) is 25.3 Å². The van der Waals surface area contributed by atoms with Gasteiger partial charge >= 0.3 is 0 Å². The van der Waals surface area contributed by atoms with Crippen LogP contribution in [-0.4, -0.2) is 23.2 Å². The number of aromatic nitrogens is 2. The Morgan fingerprint density at radius 3 is 2.41 bits per heavy atom. The Hall–Kier alpha value is -2.94. The quantitative estimate of drug-likeness (QED) is 0.941. The maximum absolute atomic E-state index is 11.3. The van der Waals surface area contributed by atoms with E-state index in [1.165, 1.54) is 6.92 Å². The lowest BCUT2D eigenvalue weighted by atomic mass is 10.1. The Morgan fingerprint density at radius 2 is 1.86 bits per heavy atom. The van der Waals surface area contributed by atoms with Gasteiger partial charge in [-0.05, 0) is 43.7 Å². The fourth-order valence-corrected chi connectivity index (χ4v) is 1.92. The number of anilines is 3. The lowest BCUT2D eigenvalue weighted by Crippen LogP contribution is -2.22. The standard InChI is InChI=1S/C16H17N5O/c1-10-11(2)19-20-16(15(10)9-17)18-13-5-7-14(8-6-13)21(4)12(3)22/h5-8H,1-4H3,(H,18,20). The van der Waals surface area contributed by atoms with Crippen LogP contribution in [0.4, 0.5) is 17.2 Å². The number of amides is 1. The molecule has 1 aromatic carbocycles. The van der Waals surface area contributed by atoms with Crippen molar-refractivity contribution < 1.29 is 4.79 Å². The molecule has 112 valence electrons. The average Bonchev–Trinajstić information content (AvgIpc) is 2.51. The SMILES string of the molecule is CC(=O)N(C)c1ccc(Nc2nnc(C)c(C)c2C#N)cc1. The minimum Gasteiger partial charge on any atom is -0.338 e.